The van der Waals surface area contributed by atoms with E-state index in [-0.39, 0.29) is 24.1 Å². The molecule has 2 saturated heterocycles. The first-order valence-electron chi connectivity index (χ1n) is 10.2. The molecule has 3 aliphatic heterocycles. The molecular weight excluding hydrogens is 356 g/mol. The van der Waals surface area contributed by atoms with Gasteiger partial charge in [-0.25, -0.2) is 0 Å². The number of hydrogen-bond donors (Lipinski definition) is 2. The van der Waals surface area contributed by atoms with Crippen LogP contribution in [0.15, 0.2) is 18.2 Å². The second-order valence-electron chi connectivity index (χ2n) is 8.09. The molecule has 2 atom stereocenters. The average Bonchev–Trinajstić information content (AvgIpc) is 2.86. The van der Waals surface area contributed by atoms with Crippen LogP contribution in [0.25, 0.3) is 0 Å². The van der Waals surface area contributed by atoms with Crippen LogP contribution in [0.4, 0.5) is 0 Å². The molecule has 2 unspecified atom stereocenters. The van der Waals surface area contributed by atoms with E-state index in [9.17, 15) is 14.4 Å². The zero-order valence-electron chi connectivity index (χ0n) is 16.4. The van der Waals surface area contributed by atoms with Gasteiger partial charge in [-0.3, -0.25) is 24.6 Å². The summed E-state index contributed by atoms with van der Waals surface area (Å²) in [5, 5.41) is 5.82. The Balaban J connectivity index is 1.51. The summed E-state index contributed by atoms with van der Waals surface area (Å²) in [6.45, 7) is 3.37. The van der Waals surface area contributed by atoms with Gasteiger partial charge in [-0.1, -0.05) is 12.1 Å². The van der Waals surface area contributed by atoms with E-state index in [4.69, 9.17) is 0 Å². The largest absolute Gasteiger partial charge is 0.322 e. The number of piperidine rings is 1. The van der Waals surface area contributed by atoms with Crippen molar-refractivity contribution >= 4 is 17.7 Å². The van der Waals surface area contributed by atoms with Crippen molar-refractivity contribution in [2.75, 3.05) is 20.1 Å². The molecule has 7 nitrogen and oxygen atoms in total. The van der Waals surface area contributed by atoms with E-state index >= 15 is 0 Å². The van der Waals surface area contributed by atoms with Crippen molar-refractivity contribution < 1.29 is 14.4 Å². The van der Waals surface area contributed by atoms with Crippen LogP contribution in [0.3, 0.4) is 0 Å². The first-order valence-corrected chi connectivity index (χ1v) is 10.2. The lowest BCUT2D eigenvalue weighted by atomic mass is 10.0. The van der Waals surface area contributed by atoms with Crippen molar-refractivity contribution in [3.63, 3.8) is 0 Å². The summed E-state index contributed by atoms with van der Waals surface area (Å²) in [6.07, 6.45) is 4.17. The van der Waals surface area contributed by atoms with Crippen LogP contribution >= 0.6 is 0 Å². The van der Waals surface area contributed by atoms with E-state index in [1.54, 1.807) is 4.90 Å². The van der Waals surface area contributed by atoms with Crippen LogP contribution in [0.5, 0.6) is 0 Å². The molecule has 0 bridgehead atoms. The monoisotopic (exact) mass is 384 g/mol. The molecule has 7 heteroatoms. The Morgan fingerprint density at radius 3 is 2.82 bits per heavy atom. The van der Waals surface area contributed by atoms with E-state index in [1.807, 2.05) is 12.1 Å². The lowest BCUT2D eigenvalue weighted by Crippen LogP contribution is -2.52. The number of benzene rings is 1. The molecule has 0 aromatic heterocycles. The summed E-state index contributed by atoms with van der Waals surface area (Å²) >= 11 is 0. The molecule has 0 aliphatic carbocycles. The Hall–Kier alpha value is -2.25. The van der Waals surface area contributed by atoms with Gasteiger partial charge in [0.25, 0.3) is 5.91 Å². The molecule has 1 aromatic carbocycles. The Labute approximate surface area is 165 Å². The molecule has 2 N–H and O–H groups in total. The molecule has 150 valence electrons. The Bertz CT molecular complexity index is 786. The second kappa shape index (κ2) is 8.01. The number of carbonyl (C=O) groups is 3. The maximum atomic E-state index is 12.9. The number of fused-ring (bicyclic) bond motifs is 1. The third kappa shape index (κ3) is 3.69. The lowest BCUT2D eigenvalue weighted by Gasteiger charge is -2.29. The highest BCUT2D eigenvalue weighted by molar-refractivity contribution is 6.05. The minimum atomic E-state index is -0.559. The van der Waals surface area contributed by atoms with Gasteiger partial charge in [0.1, 0.15) is 6.04 Å². The molecular formula is C21H28N4O3. The van der Waals surface area contributed by atoms with Crippen molar-refractivity contribution in [1.82, 2.24) is 20.4 Å². The Morgan fingerprint density at radius 1 is 1.14 bits per heavy atom. The zero-order valence-corrected chi connectivity index (χ0v) is 16.4. The van der Waals surface area contributed by atoms with E-state index in [0.29, 0.717) is 24.6 Å². The molecule has 3 amide bonds. The van der Waals surface area contributed by atoms with Crippen LogP contribution in [-0.4, -0.2) is 59.7 Å². The maximum Gasteiger partial charge on any atom is 0.255 e. The van der Waals surface area contributed by atoms with Gasteiger partial charge in [0.15, 0.2) is 0 Å². The number of rotatable bonds is 4. The first-order chi connectivity index (χ1) is 13.5. The summed E-state index contributed by atoms with van der Waals surface area (Å²) in [5.74, 6) is -0.722. The van der Waals surface area contributed by atoms with E-state index < -0.39 is 6.04 Å². The van der Waals surface area contributed by atoms with Crippen molar-refractivity contribution in [3.8, 4) is 0 Å². The van der Waals surface area contributed by atoms with Crippen LogP contribution in [0, 0.1) is 0 Å². The molecule has 0 saturated carbocycles. The smallest absolute Gasteiger partial charge is 0.255 e. The van der Waals surface area contributed by atoms with Gasteiger partial charge in [-0.15, -0.1) is 0 Å². The fraction of sp³-hybridized carbons (Fsp3) is 0.571. The predicted molar refractivity (Wildman–Crippen MR) is 104 cm³/mol. The number of imide groups is 1. The fourth-order valence-electron chi connectivity index (χ4n) is 4.64. The molecule has 3 heterocycles. The van der Waals surface area contributed by atoms with Crippen molar-refractivity contribution in [2.45, 2.75) is 57.3 Å². The predicted octanol–water partition coefficient (Wildman–Crippen LogP) is 1.02. The van der Waals surface area contributed by atoms with Crippen molar-refractivity contribution in [2.24, 2.45) is 0 Å². The SMILES string of the molecule is CN(Cc1cccc2c1CN(C1CCC(=O)NC1=O)C2=O)C1CCCNCC1. The van der Waals surface area contributed by atoms with Gasteiger partial charge in [0.05, 0.1) is 0 Å². The van der Waals surface area contributed by atoms with Gasteiger partial charge in [0.2, 0.25) is 11.8 Å². The maximum absolute atomic E-state index is 12.9. The van der Waals surface area contributed by atoms with Gasteiger partial charge >= 0.3 is 0 Å². The van der Waals surface area contributed by atoms with Gasteiger partial charge < -0.3 is 10.2 Å². The molecule has 1 aromatic rings. The summed E-state index contributed by atoms with van der Waals surface area (Å²) < 4.78 is 0. The minimum Gasteiger partial charge on any atom is -0.322 e. The fourth-order valence-corrected chi connectivity index (χ4v) is 4.64. The molecule has 4 rings (SSSR count). The number of amides is 3. The minimum absolute atomic E-state index is 0.104. The van der Waals surface area contributed by atoms with Gasteiger partial charge in [0, 0.05) is 31.1 Å². The number of nitrogens with zero attached hydrogens (tertiary/aromatic N) is 2. The van der Waals surface area contributed by atoms with Gasteiger partial charge in [-0.2, -0.15) is 0 Å². The number of carbonyl (C=O) groups excluding carboxylic acids is 3. The van der Waals surface area contributed by atoms with E-state index in [2.05, 4.69) is 28.6 Å². The Morgan fingerprint density at radius 2 is 2.00 bits per heavy atom. The third-order valence-electron chi connectivity index (χ3n) is 6.27. The highest BCUT2D eigenvalue weighted by Crippen LogP contribution is 2.30. The summed E-state index contributed by atoms with van der Waals surface area (Å²) in [4.78, 5) is 40.7. The van der Waals surface area contributed by atoms with E-state index in [1.165, 1.54) is 12.8 Å². The standard InChI is InChI=1S/C21H28N4O3/c1-24(15-5-3-10-22-11-9-15)12-14-4-2-6-16-17(14)13-25(21(16)28)18-7-8-19(26)23-20(18)27/h2,4,6,15,18,22H,3,5,7-13H2,1H3,(H,23,26,27). The van der Waals surface area contributed by atoms with Crippen LogP contribution in [-0.2, 0) is 22.7 Å². The third-order valence-corrected chi connectivity index (χ3v) is 6.27. The molecule has 2 fully saturated rings. The van der Waals surface area contributed by atoms with E-state index in [0.717, 1.165) is 37.2 Å². The zero-order chi connectivity index (χ0) is 19.7. The number of hydrogen-bond acceptors (Lipinski definition) is 5. The Kier molecular flexibility index (Phi) is 5.46. The van der Waals surface area contributed by atoms with Crippen LogP contribution < -0.4 is 10.6 Å². The van der Waals surface area contributed by atoms with Crippen LogP contribution in [0.2, 0.25) is 0 Å². The summed E-state index contributed by atoms with van der Waals surface area (Å²) in [6, 6.07) is 5.85. The second-order valence-corrected chi connectivity index (χ2v) is 8.09. The molecule has 0 radical (unpaired) electrons. The average molecular weight is 384 g/mol. The van der Waals surface area contributed by atoms with Crippen LogP contribution in [0.1, 0.15) is 53.6 Å². The molecule has 28 heavy (non-hydrogen) atoms. The molecule has 3 aliphatic rings. The quantitative estimate of drug-likeness (QED) is 0.758. The number of nitrogens with one attached hydrogen (secondary N) is 2. The normalized spacial score (nSPS) is 25.6. The topological polar surface area (TPSA) is 81.8 Å². The highest BCUT2D eigenvalue weighted by Gasteiger charge is 2.39. The van der Waals surface area contributed by atoms with Crippen molar-refractivity contribution in [3.05, 3.63) is 34.9 Å². The highest BCUT2D eigenvalue weighted by atomic mass is 16.2. The van der Waals surface area contributed by atoms with Gasteiger partial charge in [-0.05, 0) is 63.0 Å². The van der Waals surface area contributed by atoms with Crippen molar-refractivity contribution in [1.29, 1.82) is 0 Å². The molecule has 0 spiro atoms. The first kappa shape index (κ1) is 19.1. The lowest BCUT2D eigenvalue weighted by molar-refractivity contribution is -0.136. The summed E-state index contributed by atoms with van der Waals surface area (Å²) in [5.41, 5.74) is 2.87. The summed E-state index contributed by atoms with van der Waals surface area (Å²) in [7, 11) is 2.16.